The van der Waals surface area contributed by atoms with Crippen molar-refractivity contribution in [1.29, 1.82) is 5.26 Å². The molecule has 4 rings (SSSR count). The van der Waals surface area contributed by atoms with E-state index in [4.69, 9.17) is 0 Å². The van der Waals surface area contributed by atoms with E-state index in [2.05, 4.69) is 32.1 Å². The van der Waals surface area contributed by atoms with Crippen LogP contribution in [0.2, 0.25) is 0 Å². The largest absolute Gasteiger partial charge is 0.193 e. The Bertz CT molecular complexity index is 563. The van der Waals surface area contributed by atoms with E-state index in [-0.39, 0.29) is 5.41 Å². The smallest absolute Gasteiger partial charge is 0.0949 e. The summed E-state index contributed by atoms with van der Waals surface area (Å²) in [6.07, 6.45) is 15.6. The quantitative estimate of drug-likeness (QED) is 0.545. The lowest BCUT2D eigenvalue weighted by Crippen LogP contribution is -2.46. The second-order valence-corrected chi connectivity index (χ2v) is 8.40. The van der Waals surface area contributed by atoms with Crippen LogP contribution in [-0.4, -0.2) is 0 Å². The van der Waals surface area contributed by atoms with Crippen molar-refractivity contribution in [3.63, 3.8) is 0 Å². The van der Waals surface area contributed by atoms with Gasteiger partial charge in [-0.15, -0.1) is 0 Å². The van der Waals surface area contributed by atoms with Crippen molar-refractivity contribution in [3.05, 3.63) is 23.3 Å². The molecule has 0 aliphatic heterocycles. The standard InChI is InChI=1S/C20H27N/c1-19-11-4-3-5-14(19)6-8-16-17-9-7-15(13-21)20(17,2)12-10-18(16)19/h7,10,14,16-17H,3-6,8-9,11-12H2,1-2H3. The average Bonchev–Trinajstić information content (AvgIpc) is 2.83. The van der Waals surface area contributed by atoms with Crippen LogP contribution in [0.15, 0.2) is 23.3 Å². The molecule has 2 saturated carbocycles. The topological polar surface area (TPSA) is 23.8 Å². The lowest BCUT2D eigenvalue weighted by Gasteiger charge is -2.55. The SMILES string of the molecule is CC12CCCCC1CCC1C2=CCC2(C)C(C#N)=CCC12. The Hall–Kier alpha value is -1.03. The third-order valence-electron chi connectivity index (χ3n) is 7.65. The lowest BCUT2D eigenvalue weighted by molar-refractivity contribution is 0.0500. The molecular formula is C20H27N. The first-order valence-corrected chi connectivity index (χ1v) is 8.91. The Balaban J connectivity index is 1.73. The number of hydrogen-bond donors (Lipinski definition) is 0. The number of hydrogen-bond acceptors (Lipinski definition) is 1. The Morgan fingerprint density at radius 3 is 2.76 bits per heavy atom. The molecule has 0 saturated heterocycles. The van der Waals surface area contributed by atoms with Gasteiger partial charge in [-0.25, -0.2) is 0 Å². The Morgan fingerprint density at radius 2 is 1.95 bits per heavy atom. The molecule has 1 heteroatoms. The normalized spacial score (nSPS) is 48.3. The van der Waals surface area contributed by atoms with Crippen molar-refractivity contribution in [3.8, 4) is 6.07 Å². The van der Waals surface area contributed by atoms with Gasteiger partial charge in [0.2, 0.25) is 0 Å². The highest BCUT2D eigenvalue weighted by atomic mass is 14.6. The molecule has 4 aliphatic carbocycles. The molecule has 112 valence electrons. The monoisotopic (exact) mass is 281 g/mol. The van der Waals surface area contributed by atoms with Crippen LogP contribution in [-0.2, 0) is 0 Å². The van der Waals surface area contributed by atoms with Gasteiger partial charge in [0.1, 0.15) is 0 Å². The Labute approximate surface area is 129 Å². The summed E-state index contributed by atoms with van der Waals surface area (Å²) in [7, 11) is 0. The zero-order valence-corrected chi connectivity index (χ0v) is 13.5. The van der Waals surface area contributed by atoms with Gasteiger partial charge in [0.15, 0.2) is 0 Å². The van der Waals surface area contributed by atoms with E-state index in [9.17, 15) is 5.26 Å². The van der Waals surface area contributed by atoms with E-state index in [1.54, 1.807) is 5.57 Å². The van der Waals surface area contributed by atoms with Crippen LogP contribution in [0.4, 0.5) is 0 Å². The fourth-order valence-corrected chi connectivity index (χ4v) is 6.31. The van der Waals surface area contributed by atoms with E-state index in [1.807, 2.05) is 0 Å². The molecule has 5 atom stereocenters. The van der Waals surface area contributed by atoms with Crippen molar-refractivity contribution < 1.29 is 0 Å². The maximum absolute atomic E-state index is 9.47. The maximum atomic E-state index is 9.47. The lowest BCUT2D eigenvalue weighted by atomic mass is 9.49. The molecule has 0 spiro atoms. The molecule has 5 unspecified atom stereocenters. The summed E-state index contributed by atoms with van der Waals surface area (Å²) in [4.78, 5) is 0. The summed E-state index contributed by atoms with van der Waals surface area (Å²) < 4.78 is 0. The second kappa shape index (κ2) is 4.48. The highest BCUT2D eigenvalue weighted by molar-refractivity contribution is 5.40. The number of fused-ring (bicyclic) bond motifs is 5. The van der Waals surface area contributed by atoms with Gasteiger partial charge in [-0.3, -0.25) is 0 Å². The van der Waals surface area contributed by atoms with E-state index in [0.717, 1.165) is 30.3 Å². The molecule has 21 heavy (non-hydrogen) atoms. The summed E-state index contributed by atoms with van der Waals surface area (Å²) >= 11 is 0. The zero-order chi connectivity index (χ0) is 14.7. The summed E-state index contributed by atoms with van der Waals surface area (Å²) in [5.41, 5.74) is 3.49. The molecule has 0 heterocycles. The van der Waals surface area contributed by atoms with Gasteiger partial charge >= 0.3 is 0 Å². The molecule has 0 radical (unpaired) electrons. The van der Waals surface area contributed by atoms with E-state index in [1.165, 1.54) is 38.5 Å². The van der Waals surface area contributed by atoms with Gasteiger partial charge < -0.3 is 0 Å². The van der Waals surface area contributed by atoms with Crippen molar-refractivity contribution in [2.24, 2.45) is 28.6 Å². The highest BCUT2D eigenvalue weighted by Crippen LogP contribution is 2.63. The van der Waals surface area contributed by atoms with Crippen LogP contribution < -0.4 is 0 Å². The van der Waals surface area contributed by atoms with Crippen LogP contribution in [0.3, 0.4) is 0 Å². The maximum Gasteiger partial charge on any atom is 0.0949 e. The minimum Gasteiger partial charge on any atom is -0.193 e. The fourth-order valence-electron chi connectivity index (χ4n) is 6.31. The Kier molecular flexibility index (Phi) is 2.91. The fraction of sp³-hybridized carbons (Fsp3) is 0.750. The summed E-state index contributed by atoms with van der Waals surface area (Å²) in [6.45, 7) is 4.91. The molecular weight excluding hydrogens is 254 g/mol. The summed E-state index contributed by atoms with van der Waals surface area (Å²) in [6, 6.07) is 2.50. The predicted octanol–water partition coefficient (Wildman–Crippen LogP) is 5.40. The number of rotatable bonds is 0. The molecule has 0 amide bonds. The molecule has 0 bridgehead atoms. The van der Waals surface area contributed by atoms with E-state index >= 15 is 0 Å². The van der Waals surface area contributed by atoms with Gasteiger partial charge in [0.25, 0.3) is 0 Å². The molecule has 0 N–H and O–H groups in total. The molecule has 2 fully saturated rings. The summed E-state index contributed by atoms with van der Waals surface area (Å²) in [5.74, 6) is 2.39. The predicted molar refractivity (Wildman–Crippen MR) is 85.4 cm³/mol. The van der Waals surface area contributed by atoms with Crippen molar-refractivity contribution in [1.82, 2.24) is 0 Å². The van der Waals surface area contributed by atoms with E-state index < -0.39 is 0 Å². The van der Waals surface area contributed by atoms with Crippen LogP contribution in [0, 0.1) is 39.9 Å². The van der Waals surface area contributed by atoms with Crippen molar-refractivity contribution in [2.75, 3.05) is 0 Å². The van der Waals surface area contributed by atoms with Crippen LogP contribution >= 0.6 is 0 Å². The van der Waals surface area contributed by atoms with Gasteiger partial charge in [0, 0.05) is 11.0 Å². The van der Waals surface area contributed by atoms with Gasteiger partial charge in [0.05, 0.1) is 6.07 Å². The highest BCUT2D eigenvalue weighted by Gasteiger charge is 2.54. The zero-order valence-electron chi connectivity index (χ0n) is 13.5. The first-order chi connectivity index (χ1) is 10.1. The van der Waals surface area contributed by atoms with Crippen LogP contribution in [0.25, 0.3) is 0 Å². The van der Waals surface area contributed by atoms with Crippen molar-refractivity contribution >= 4 is 0 Å². The van der Waals surface area contributed by atoms with Gasteiger partial charge in [-0.05, 0) is 61.7 Å². The minimum absolute atomic E-state index is 0.140. The average molecular weight is 281 g/mol. The third-order valence-corrected chi connectivity index (χ3v) is 7.65. The third kappa shape index (κ3) is 1.68. The Morgan fingerprint density at radius 1 is 1.10 bits per heavy atom. The van der Waals surface area contributed by atoms with E-state index in [0.29, 0.717) is 11.3 Å². The molecule has 0 aromatic carbocycles. The molecule has 4 aliphatic rings. The molecule has 0 aromatic heterocycles. The first-order valence-electron chi connectivity index (χ1n) is 8.91. The van der Waals surface area contributed by atoms with Crippen LogP contribution in [0.5, 0.6) is 0 Å². The molecule has 0 aromatic rings. The summed E-state index contributed by atoms with van der Waals surface area (Å²) in [5, 5.41) is 9.47. The molecule has 1 nitrogen and oxygen atoms in total. The van der Waals surface area contributed by atoms with Gasteiger partial charge in [-0.2, -0.15) is 5.26 Å². The minimum atomic E-state index is 0.140. The number of nitrogens with zero attached hydrogens (tertiary/aromatic N) is 1. The van der Waals surface area contributed by atoms with Gasteiger partial charge in [-0.1, -0.05) is 44.4 Å². The number of nitriles is 1. The second-order valence-electron chi connectivity index (χ2n) is 8.40. The van der Waals surface area contributed by atoms with Crippen LogP contribution in [0.1, 0.15) is 65.2 Å². The van der Waals surface area contributed by atoms with Crippen molar-refractivity contribution in [2.45, 2.75) is 65.2 Å². The first kappa shape index (κ1) is 13.6. The number of allylic oxidation sites excluding steroid dienone is 4.